The summed E-state index contributed by atoms with van der Waals surface area (Å²) in [4.78, 5) is 32.7. The summed E-state index contributed by atoms with van der Waals surface area (Å²) in [6.45, 7) is 7.36. The van der Waals surface area contributed by atoms with E-state index in [1.165, 1.54) is 51.4 Å². The van der Waals surface area contributed by atoms with E-state index in [0.29, 0.717) is 19.3 Å². The molecule has 2 N–H and O–H groups in total. The molecule has 204 valence electrons. The predicted octanol–water partition coefficient (Wildman–Crippen LogP) is 5.32. The van der Waals surface area contributed by atoms with E-state index in [1.54, 1.807) is 0 Å². The van der Waals surface area contributed by atoms with Gasteiger partial charge in [-0.2, -0.15) is 0 Å². The zero-order valence-electron chi connectivity index (χ0n) is 22.0. The largest absolute Gasteiger partial charge is 0.550 e. The Labute approximate surface area is 213 Å². The summed E-state index contributed by atoms with van der Waals surface area (Å²) in [6.07, 6.45) is 18.9. The van der Waals surface area contributed by atoms with Gasteiger partial charge in [0.15, 0.2) is 0 Å². The molecular weight excluding hydrogens is 446 g/mol. The maximum Gasteiger partial charge on any atom is 0.303 e. The van der Waals surface area contributed by atoms with Gasteiger partial charge in [0.1, 0.15) is 0 Å². The van der Waals surface area contributed by atoms with Crippen molar-refractivity contribution in [2.75, 3.05) is 26.2 Å². The van der Waals surface area contributed by atoms with Gasteiger partial charge in [0, 0.05) is 18.8 Å². The molecule has 0 bridgehead atoms. The summed E-state index contributed by atoms with van der Waals surface area (Å²) in [6, 6.07) is 0. The van der Waals surface area contributed by atoms with Crippen molar-refractivity contribution in [3.63, 3.8) is 0 Å². The van der Waals surface area contributed by atoms with E-state index < -0.39 is 17.9 Å². The molecule has 0 heterocycles. The van der Waals surface area contributed by atoms with Crippen molar-refractivity contribution >= 4 is 17.9 Å². The summed E-state index contributed by atoms with van der Waals surface area (Å²) in [5.41, 5.74) is 0. The number of aliphatic carboxylic acids is 3. The van der Waals surface area contributed by atoms with Crippen molar-refractivity contribution in [1.82, 2.24) is 0 Å². The Kier molecular flexibility index (Phi) is 21.3. The Hall–Kier alpha value is -1.89. The van der Waals surface area contributed by atoms with Crippen LogP contribution in [-0.4, -0.2) is 58.8 Å². The molecule has 0 spiro atoms. The highest BCUT2D eigenvalue weighted by Crippen LogP contribution is 2.19. The minimum Gasteiger partial charge on any atom is -0.550 e. The predicted molar refractivity (Wildman–Crippen MR) is 138 cm³/mol. The van der Waals surface area contributed by atoms with Crippen LogP contribution in [0.5, 0.6) is 0 Å². The molecule has 7 heteroatoms. The van der Waals surface area contributed by atoms with Crippen molar-refractivity contribution in [3.8, 4) is 0 Å². The van der Waals surface area contributed by atoms with Crippen LogP contribution >= 0.6 is 0 Å². The topological polar surface area (TPSA) is 115 Å². The minimum atomic E-state index is -1.02. The Morgan fingerprint density at radius 3 is 1.29 bits per heavy atom. The highest BCUT2D eigenvalue weighted by Gasteiger charge is 2.26. The highest BCUT2D eigenvalue weighted by atomic mass is 16.4. The zero-order valence-corrected chi connectivity index (χ0v) is 22.0. The molecule has 0 rings (SSSR count). The molecule has 0 aliphatic rings. The van der Waals surface area contributed by atoms with Crippen LogP contribution in [0.2, 0.25) is 0 Å². The molecule has 0 saturated heterocycles. The number of carboxylic acid groups (broad SMARTS) is 3. The number of rotatable bonds is 27. The highest BCUT2D eigenvalue weighted by molar-refractivity contribution is 5.66. The Balaban J connectivity index is 4.68. The number of carbonyl (C=O) groups excluding carboxylic acids is 1. The van der Waals surface area contributed by atoms with Crippen LogP contribution in [0.4, 0.5) is 0 Å². The first kappa shape index (κ1) is 33.1. The molecule has 0 aromatic carbocycles. The maximum absolute atomic E-state index is 10.9. The normalized spacial score (nSPS) is 11.4. The molecule has 0 aliphatic heterocycles. The second-order valence-electron chi connectivity index (χ2n) is 10.0. The third-order valence-electron chi connectivity index (χ3n) is 6.85. The van der Waals surface area contributed by atoms with E-state index >= 15 is 0 Å². The van der Waals surface area contributed by atoms with Crippen molar-refractivity contribution < 1.29 is 34.2 Å². The fraction of sp³-hybridized carbons (Fsp3) is 0.821. The first-order valence-electron chi connectivity index (χ1n) is 13.9. The number of carbonyl (C=O) groups is 3. The van der Waals surface area contributed by atoms with Gasteiger partial charge in [-0.15, -0.1) is 6.58 Å². The van der Waals surface area contributed by atoms with Crippen LogP contribution in [0.3, 0.4) is 0 Å². The summed E-state index contributed by atoms with van der Waals surface area (Å²) in [5, 5.41) is 28.8. The summed E-state index contributed by atoms with van der Waals surface area (Å²) in [7, 11) is 0. The quantitative estimate of drug-likeness (QED) is 0.0901. The number of allylic oxidation sites excluding steroid dienone is 1. The second-order valence-corrected chi connectivity index (χ2v) is 10.0. The van der Waals surface area contributed by atoms with Crippen LogP contribution in [-0.2, 0) is 14.4 Å². The van der Waals surface area contributed by atoms with E-state index in [1.807, 2.05) is 6.08 Å². The molecule has 35 heavy (non-hydrogen) atoms. The fourth-order valence-electron chi connectivity index (χ4n) is 4.81. The van der Waals surface area contributed by atoms with E-state index in [0.717, 1.165) is 62.8 Å². The smallest absolute Gasteiger partial charge is 0.303 e. The Morgan fingerprint density at radius 2 is 0.914 bits per heavy atom. The van der Waals surface area contributed by atoms with Crippen molar-refractivity contribution in [2.24, 2.45) is 0 Å². The summed E-state index contributed by atoms with van der Waals surface area (Å²) in [5.74, 6) is -2.58. The summed E-state index contributed by atoms with van der Waals surface area (Å²) >= 11 is 0. The van der Waals surface area contributed by atoms with E-state index in [9.17, 15) is 19.5 Å². The van der Waals surface area contributed by atoms with Crippen LogP contribution in [0.25, 0.3) is 0 Å². The molecule has 0 saturated carbocycles. The molecule has 0 aliphatic carbocycles. The lowest BCUT2D eigenvalue weighted by molar-refractivity contribution is -0.929. The van der Waals surface area contributed by atoms with Crippen molar-refractivity contribution in [2.45, 2.75) is 122 Å². The van der Waals surface area contributed by atoms with E-state index in [2.05, 4.69) is 6.58 Å². The average Bonchev–Trinajstić information content (AvgIpc) is 2.80. The molecule has 0 aromatic rings. The number of hydrogen-bond acceptors (Lipinski definition) is 4. The van der Waals surface area contributed by atoms with Gasteiger partial charge in [-0.3, -0.25) is 9.59 Å². The molecule has 0 unspecified atom stereocenters. The molecule has 0 aromatic heterocycles. The van der Waals surface area contributed by atoms with Gasteiger partial charge < -0.3 is 24.6 Å². The van der Waals surface area contributed by atoms with Crippen molar-refractivity contribution in [1.29, 1.82) is 0 Å². The molecule has 0 atom stereocenters. The van der Waals surface area contributed by atoms with Gasteiger partial charge in [-0.05, 0) is 70.6 Å². The van der Waals surface area contributed by atoms with Gasteiger partial charge in [0.2, 0.25) is 0 Å². The molecule has 7 nitrogen and oxygen atoms in total. The monoisotopic (exact) mass is 497 g/mol. The van der Waals surface area contributed by atoms with Crippen LogP contribution in [0.1, 0.15) is 122 Å². The minimum absolute atomic E-state index is 0.0611. The standard InChI is InChI=1S/C28H51NO6/c1-2-3-4-5-6-7-8-9-10-11-15-22-29(23-16-12-19-26(30)31,24-17-13-20-27(32)33)25-18-14-21-28(34)35/h2H,1,3-25H2,(H2-,30,31,32,33,34,35). The number of carboxylic acids is 3. The average molecular weight is 498 g/mol. The third kappa shape index (κ3) is 22.3. The Morgan fingerprint density at radius 1 is 0.571 bits per heavy atom. The van der Waals surface area contributed by atoms with Crippen LogP contribution < -0.4 is 5.11 Å². The van der Waals surface area contributed by atoms with Gasteiger partial charge in [0.25, 0.3) is 0 Å². The lowest BCUT2D eigenvalue weighted by Gasteiger charge is -2.39. The van der Waals surface area contributed by atoms with Gasteiger partial charge >= 0.3 is 11.9 Å². The van der Waals surface area contributed by atoms with Crippen LogP contribution in [0, 0.1) is 0 Å². The first-order valence-corrected chi connectivity index (χ1v) is 13.9. The number of quaternary nitrogens is 1. The molecule has 0 radical (unpaired) electrons. The first-order chi connectivity index (χ1) is 16.8. The van der Waals surface area contributed by atoms with Crippen LogP contribution in [0.15, 0.2) is 12.7 Å². The second kappa shape index (κ2) is 22.6. The van der Waals surface area contributed by atoms with E-state index in [4.69, 9.17) is 10.2 Å². The number of unbranched alkanes of at least 4 members (excludes halogenated alkanes) is 12. The number of nitrogens with zero attached hydrogens (tertiary/aromatic N) is 1. The SMILES string of the molecule is C=CCCCCCCCCCCC[N+](CCCCC(=O)[O-])(CCCCC(=O)O)CCCCC(=O)O. The molecule has 0 fully saturated rings. The van der Waals surface area contributed by atoms with Gasteiger partial charge in [-0.25, -0.2) is 0 Å². The van der Waals surface area contributed by atoms with Gasteiger partial charge in [-0.1, -0.05) is 44.6 Å². The fourth-order valence-corrected chi connectivity index (χ4v) is 4.81. The third-order valence-corrected chi connectivity index (χ3v) is 6.85. The lowest BCUT2D eigenvalue weighted by Crippen LogP contribution is -2.51. The molecular formula is C28H51NO6. The lowest BCUT2D eigenvalue weighted by atomic mass is 10.0. The number of hydrogen-bond donors (Lipinski definition) is 2. The van der Waals surface area contributed by atoms with Crippen molar-refractivity contribution in [3.05, 3.63) is 12.7 Å². The van der Waals surface area contributed by atoms with E-state index in [-0.39, 0.29) is 19.3 Å². The maximum atomic E-state index is 10.9. The summed E-state index contributed by atoms with van der Waals surface area (Å²) < 4.78 is 0.843. The van der Waals surface area contributed by atoms with Gasteiger partial charge in [0.05, 0.1) is 26.2 Å². The zero-order chi connectivity index (χ0) is 26.2. The molecule has 0 amide bonds. The Bertz CT molecular complexity index is 523.